The molecule has 0 bridgehead atoms. The monoisotopic (exact) mass is 128 g/mol. The van der Waals surface area contributed by atoms with E-state index in [2.05, 4.69) is 15.0 Å². The van der Waals surface area contributed by atoms with Gasteiger partial charge in [-0.2, -0.15) is 0 Å². The largest absolute Gasteiger partial charge is 0.473 e. The summed E-state index contributed by atoms with van der Waals surface area (Å²) in [7, 11) is 1.80. The van der Waals surface area contributed by atoms with Crippen LogP contribution in [0.15, 0.2) is 17.0 Å². The minimum atomic E-state index is 0.473. The second-order valence-electron chi connectivity index (χ2n) is 1.50. The zero-order valence-electron chi connectivity index (χ0n) is 5.13. The molecule has 0 amide bonds. The van der Waals surface area contributed by atoms with Crippen LogP contribution in [0.2, 0.25) is 0 Å². The van der Waals surface area contributed by atoms with Gasteiger partial charge in [-0.05, 0) is 7.05 Å². The molecule has 0 saturated heterocycles. The second kappa shape index (κ2) is 3.09. The third-order valence-electron chi connectivity index (χ3n) is 0.793. The molecule has 4 nitrogen and oxygen atoms in total. The van der Waals surface area contributed by atoms with Gasteiger partial charge in [0, 0.05) is 0 Å². The third-order valence-corrected chi connectivity index (χ3v) is 0.793. The lowest BCUT2D eigenvalue weighted by Gasteiger charge is -1.97. The lowest BCUT2D eigenvalue weighted by Crippen LogP contribution is -2.13. The van der Waals surface area contributed by atoms with Crippen LogP contribution in [0.4, 0.5) is 0 Å². The Bertz CT molecular complexity index is 150. The number of ether oxygens (including phenoxy) is 1. The minimum absolute atomic E-state index is 0.473. The van der Waals surface area contributed by atoms with Crippen LogP contribution in [0.1, 0.15) is 0 Å². The van der Waals surface area contributed by atoms with Gasteiger partial charge in [0.15, 0.2) is 12.0 Å². The summed E-state index contributed by atoms with van der Waals surface area (Å²) in [5, 5.41) is 6.26. The van der Waals surface area contributed by atoms with Crippen LogP contribution < -0.4 is 10.1 Å². The van der Waals surface area contributed by atoms with E-state index >= 15 is 0 Å². The van der Waals surface area contributed by atoms with E-state index in [0.29, 0.717) is 12.5 Å². The summed E-state index contributed by atoms with van der Waals surface area (Å²) in [5.74, 6) is 0.643. The van der Waals surface area contributed by atoms with Gasteiger partial charge in [-0.15, -0.1) is 0 Å². The van der Waals surface area contributed by atoms with E-state index in [0.717, 1.165) is 0 Å². The number of nitrogens with zero attached hydrogens (tertiary/aromatic N) is 1. The molecule has 0 radical (unpaired) electrons. The van der Waals surface area contributed by atoms with Crippen molar-refractivity contribution in [3.8, 4) is 5.75 Å². The third kappa shape index (κ3) is 1.73. The molecular weight excluding hydrogens is 120 g/mol. The predicted octanol–water partition coefficient (Wildman–Crippen LogP) is 0.230. The average Bonchev–Trinajstić information content (AvgIpc) is 2.34. The van der Waals surface area contributed by atoms with Crippen LogP contribution in [-0.4, -0.2) is 18.9 Å². The molecule has 1 aromatic rings. The number of hydrogen-bond acceptors (Lipinski definition) is 4. The molecule has 1 rings (SSSR count). The maximum atomic E-state index is 5.03. The van der Waals surface area contributed by atoms with Crippen molar-refractivity contribution < 1.29 is 9.26 Å². The van der Waals surface area contributed by atoms with Gasteiger partial charge in [0.2, 0.25) is 0 Å². The van der Waals surface area contributed by atoms with Crippen molar-refractivity contribution in [1.29, 1.82) is 0 Å². The summed E-state index contributed by atoms with van der Waals surface area (Å²) in [4.78, 5) is 0. The van der Waals surface area contributed by atoms with Gasteiger partial charge in [0.05, 0.1) is 0 Å². The Morgan fingerprint density at radius 3 is 3.33 bits per heavy atom. The molecule has 0 fully saturated rings. The van der Waals surface area contributed by atoms with E-state index in [-0.39, 0.29) is 0 Å². The van der Waals surface area contributed by atoms with E-state index in [4.69, 9.17) is 4.74 Å². The zero-order valence-corrected chi connectivity index (χ0v) is 5.13. The Hall–Kier alpha value is -1.03. The first-order valence-corrected chi connectivity index (χ1v) is 2.60. The average molecular weight is 128 g/mol. The van der Waals surface area contributed by atoms with E-state index in [9.17, 15) is 0 Å². The van der Waals surface area contributed by atoms with Crippen LogP contribution in [-0.2, 0) is 0 Å². The first-order valence-electron chi connectivity index (χ1n) is 2.60. The SMILES string of the molecule is CNCOc1cnoc1. The summed E-state index contributed by atoms with van der Waals surface area (Å²) in [5.41, 5.74) is 0. The lowest BCUT2D eigenvalue weighted by atomic mass is 10.7. The minimum Gasteiger partial charge on any atom is -0.473 e. The van der Waals surface area contributed by atoms with Gasteiger partial charge < -0.3 is 9.26 Å². The van der Waals surface area contributed by atoms with Gasteiger partial charge in [-0.3, -0.25) is 5.32 Å². The number of nitrogens with one attached hydrogen (secondary N) is 1. The molecule has 1 heterocycles. The van der Waals surface area contributed by atoms with Gasteiger partial charge >= 0.3 is 0 Å². The Labute approximate surface area is 52.8 Å². The van der Waals surface area contributed by atoms with Crippen molar-refractivity contribution in [3.05, 3.63) is 12.5 Å². The molecule has 9 heavy (non-hydrogen) atoms. The molecule has 1 N–H and O–H groups in total. The highest BCUT2D eigenvalue weighted by Crippen LogP contribution is 2.05. The molecule has 0 saturated carbocycles. The molecule has 0 aliphatic heterocycles. The lowest BCUT2D eigenvalue weighted by molar-refractivity contribution is 0.292. The fourth-order valence-corrected chi connectivity index (χ4v) is 0.422. The highest BCUT2D eigenvalue weighted by atomic mass is 16.5. The fourth-order valence-electron chi connectivity index (χ4n) is 0.422. The highest BCUT2D eigenvalue weighted by Gasteiger charge is 1.91. The fraction of sp³-hybridized carbons (Fsp3) is 0.400. The van der Waals surface area contributed by atoms with Crippen molar-refractivity contribution in [2.45, 2.75) is 0 Å². The van der Waals surface area contributed by atoms with Crippen molar-refractivity contribution >= 4 is 0 Å². The molecule has 0 spiro atoms. The first-order chi connectivity index (χ1) is 4.43. The van der Waals surface area contributed by atoms with E-state index in [1.165, 1.54) is 12.5 Å². The van der Waals surface area contributed by atoms with Crippen LogP contribution in [0.25, 0.3) is 0 Å². The first kappa shape index (κ1) is 6.10. The smallest absolute Gasteiger partial charge is 0.180 e. The van der Waals surface area contributed by atoms with E-state index in [1.807, 2.05) is 0 Å². The molecule has 0 atom stereocenters. The van der Waals surface area contributed by atoms with Crippen molar-refractivity contribution in [2.75, 3.05) is 13.8 Å². The van der Waals surface area contributed by atoms with E-state index in [1.54, 1.807) is 7.05 Å². The van der Waals surface area contributed by atoms with Gasteiger partial charge in [-0.25, -0.2) is 0 Å². The molecule has 4 heteroatoms. The molecule has 0 unspecified atom stereocenters. The summed E-state index contributed by atoms with van der Waals surface area (Å²) >= 11 is 0. The Balaban J connectivity index is 2.30. The van der Waals surface area contributed by atoms with Crippen molar-refractivity contribution in [2.24, 2.45) is 0 Å². The molecule has 0 aliphatic rings. The topological polar surface area (TPSA) is 47.3 Å². The second-order valence-corrected chi connectivity index (χ2v) is 1.50. The number of rotatable bonds is 3. The molecule has 0 aliphatic carbocycles. The Kier molecular flexibility index (Phi) is 2.09. The summed E-state index contributed by atoms with van der Waals surface area (Å²) in [6.45, 7) is 0.473. The normalized spacial score (nSPS) is 9.44. The Morgan fingerprint density at radius 1 is 1.89 bits per heavy atom. The summed E-state index contributed by atoms with van der Waals surface area (Å²) in [6.07, 6.45) is 2.95. The van der Waals surface area contributed by atoms with Crippen molar-refractivity contribution in [3.63, 3.8) is 0 Å². The molecular formula is C5H8N2O2. The summed E-state index contributed by atoms with van der Waals surface area (Å²) < 4.78 is 9.54. The van der Waals surface area contributed by atoms with Gasteiger partial charge in [-0.1, -0.05) is 5.16 Å². The van der Waals surface area contributed by atoms with Crippen LogP contribution in [0, 0.1) is 0 Å². The van der Waals surface area contributed by atoms with Crippen molar-refractivity contribution in [1.82, 2.24) is 10.5 Å². The number of aromatic nitrogens is 1. The van der Waals surface area contributed by atoms with Gasteiger partial charge in [0.25, 0.3) is 0 Å². The highest BCUT2D eigenvalue weighted by molar-refractivity contribution is 5.07. The maximum Gasteiger partial charge on any atom is 0.180 e. The Morgan fingerprint density at radius 2 is 2.78 bits per heavy atom. The maximum absolute atomic E-state index is 5.03. The summed E-state index contributed by atoms with van der Waals surface area (Å²) in [6, 6.07) is 0. The van der Waals surface area contributed by atoms with E-state index < -0.39 is 0 Å². The van der Waals surface area contributed by atoms with Crippen LogP contribution >= 0.6 is 0 Å². The molecule has 50 valence electrons. The van der Waals surface area contributed by atoms with Gasteiger partial charge in [0.1, 0.15) is 12.9 Å². The predicted molar refractivity (Wildman–Crippen MR) is 31.1 cm³/mol. The molecule has 0 aromatic carbocycles. The van der Waals surface area contributed by atoms with Crippen LogP contribution in [0.5, 0.6) is 5.75 Å². The zero-order chi connectivity index (χ0) is 6.53. The molecule has 1 aromatic heterocycles. The quantitative estimate of drug-likeness (QED) is 0.592. The van der Waals surface area contributed by atoms with Crippen LogP contribution in [0.3, 0.4) is 0 Å². The number of hydrogen-bond donors (Lipinski definition) is 1. The standard InChI is InChI=1S/C5H8N2O2/c1-6-4-8-5-2-7-9-3-5/h2-3,6H,4H2,1H3.